The third-order valence-electron chi connectivity index (χ3n) is 2.35. The largest absolute Gasteiger partial charge is 0.262 e. The van der Waals surface area contributed by atoms with Crippen molar-refractivity contribution in [2.75, 3.05) is 0 Å². The van der Waals surface area contributed by atoms with Crippen molar-refractivity contribution >= 4 is 0 Å². The summed E-state index contributed by atoms with van der Waals surface area (Å²) in [5, 5.41) is 6.95. The summed E-state index contributed by atoms with van der Waals surface area (Å²) in [5.41, 5.74) is 1.58. The molecule has 2 rings (SSSR count). The number of nitrogens with one attached hydrogen (secondary N) is 1. The number of aryl methyl sites for hydroxylation is 1. The van der Waals surface area contributed by atoms with Crippen molar-refractivity contribution in [3.05, 3.63) is 35.4 Å². The van der Waals surface area contributed by atoms with Gasteiger partial charge in [-0.05, 0) is 30.7 Å². The lowest BCUT2D eigenvalue weighted by atomic mass is 10.1. The molecule has 0 aliphatic heterocycles. The molecule has 0 fully saturated rings. The number of aromatic nitrogens is 3. The molecule has 0 saturated heterocycles. The number of nitrogens with zero attached hydrogens (tertiary/aromatic N) is 2. The molecule has 0 bridgehead atoms. The average Bonchev–Trinajstić information content (AvgIpc) is 2.64. The predicted molar refractivity (Wildman–Crippen MR) is 60.6 cm³/mol. The number of halogens is 1. The minimum absolute atomic E-state index is 0.258. The molecule has 0 radical (unpaired) electrons. The third-order valence-corrected chi connectivity index (χ3v) is 2.35. The molecule has 2 aromatic rings. The van der Waals surface area contributed by atoms with E-state index in [0.29, 0.717) is 11.4 Å². The summed E-state index contributed by atoms with van der Waals surface area (Å²) >= 11 is 0. The van der Waals surface area contributed by atoms with Crippen LogP contribution in [0.4, 0.5) is 4.39 Å². The molecule has 0 unspecified atom stereocenters. The van der Waals surface area contributed by atoms with Crippen LogP contribution in [0.1, 0.15) is 31.2 Å². The van der Waals surface area contributed by atoms with Gasteiger partial charge in [0.25, 0.3) is 0 Å². The molecule has 0 atom stereocenters. The molecule has 84 valence electrons. The fourth-order valence-electron chi connectivity index (χ4n) is 1.53. The average molecular weight is 219 g/mol. The molecular formula is C12H14FN3. The number of rotatable bonds is 2. The van der Waals surface area contributed by atoms with E-state index in [-0.39, 0.29) is 11.7 Å². The van der Waals surface area contributed by atoms with Crippen LogP contribution in [0.3, 0.4) is 0 Å². The molecular weight excluding hydrogens is 205 g/mol. The molecule has 3 nitrogen and oxygen atoms in total. The van der Waals surface area contributed by atoms with Gasteiger partial charge in [-0.3, -0.25) is 5.10 Å². The van der Waals surface area contributed by atoms with Crippen molar-refractivity contribution in [2.24, 2.45) is 0 Å². The minimum Gasteiger partial charge on any atom is -0.262 e. The second kappa shape index (κ2) is 4.04. The SMILES string of the molecule is Cc1cc(F)cc(-c2n[nH]c(C(C)C)n2)c1. The van der Waals surface area contributed by atoms with Gasteiger partial charge in [0.1, 0.15) is 11.6 Å². The fraction of sp³-hybridized carbons (Fsp3) is 0.333. The van der Waals surface area contributed by atoms with Gasteiger partial charge in [0, 0.05) is 11.5 Å². The molecule has 16 heavy (non-hydrogen) atoms. The normalized spacial score (nSPS) is 11.1. The quantitative estimate of drug-likeness (QED) is 0.843. The number of H-pyrrole nitrogens is 1. The van der Waals surface area contributed by atoms with Crippen molar-refractivity contribution in [1.29, 1.82) is 0 Å². The Balaban J connectivity index is 2.42. The lowest BCUT2D eigenvalue weighted by molar-refractivity contribution is 0.627. The summed E-state index contributed by atoms with van der Waals surface area (Å²) in [4.78, 5) is 4.33. The summed E-state index contributed by atoms with van der Waals surface area (Å²) in [7, 11) is 0. The van der Waals surface area contributed by atoms with Gasteiger partial charge in [0.2, 0.25) is 0 Å². The number of aromatic amines is 1. The van der Waals surface area contributed by atoms with E-state index in [0.717, 1.165) is 11.4 Å². The predicted octanol–water partition coefficient (Wildman–Crippen LogP) is 3.04. The Morgan fingerprint density at radius 2 is 2.00 bits per heavy atom. The molecule has 0 spiro atoms. The van der Waals surface area contributed by atoms with Crippen molar-refractivity contribution in [1.82, 2.24) is 15.2 Å². The van der Waals surface area contributed by atoms with Gasteiger partial charge in [-0.25, -0.2) is 9.37 Å². The molecule has 0 aliphatic carbocycles. The zero-order valence-electron chi connectivity index (χ0n) is 9.58. The Labute approximate surface area is 93.7 Å². The van der Waals surface area contributed by atoms with Crippen LogP contribution in [0, 0.1) is 12.7 Å². The van der Waals surface area contributed by atoms with Gasteiger partial charge in [-0.1, -0.05) is 13.8 Å². The highest BCUT2D eigenvalue weighted by Gasteiger charge is 2.09. The topological polar surface area (TPSA) is 41.6 Å². The lowest BCUT2D eigenvalue weighted by Crippen LogP contribution is -1.89. The summed E-state index contributed by atoms with van der Waals surface area (Å²) in [5.74, 6) is 1.39. The maximum atomic E-state index is 13.2. The van der Waals surface area contributed by atoms with Gasteiger partial charge in [0.15, 0.2) is 5.82 Å². The second-order valence-electron chi connectivity index (χ2n) is 4.22. The first-order valence-corrected chi connectivity index (χ1v) is 5.26. The Morgan fingerprint density at radius 1 is 1.25 bits per heavy atom. The van der Waals surface area contributed by atoms with Crippen LogP contribution in [-0.4, -0.2) is 15.2 Å². The molecule has 1 aromatic carbocycles. The molecule has 0 saturated carbocycles. The van der Waals surface area contributed by atoms with Crippen LogP contribution >= 0.6 is 0 Å². The summed E-state index contributed by atoms with van der Waals surface area (Å²) in [6.07, 6.45) is 0. The Kier molecular flexibility index (Phi) is 2.73. The third kappa shape index (κ3) is 2.10. The number of hydrogen-bond acceptors (Lipinski definition) is 2. The van der Waals surface area contributed by atoms with Crippen molar-refractivity contribution < 1.29 is 4.39 Å². The van der Waals surface area contributed by atoms with Crippen molar-refractivity contribution in [3.8, 4) is 11.4 Å². The number of hydrogen-bond donors (Lipinski definition) is 1. The summed E-state index contributed by atoms with van der Waals surface area (Å²) < 4.78 is 13.2. The van der Waals surface area contributed by atoms with Gasteiger partial charge >= 0.3 is 0 Å². The number of benzene rings is 1. The van der Waals surface area contributed by atoms with Crippen LogP contribution in [0.25, 0.3) is 11.4 Å². The van der Waals surface area contributed by atoms with Gasteiger partial charge < -0.3 is 0 Å². The van der Waals surface area contributed by atoms with E-state index in [9.17, 15) is 4.39 Å². The van der Waals surface area contributed by atoms with E-state index in [4.69, 9.17) is 0 Å². The molecule has 1 aromatic heterocycles. The van der Waals surface area contributed by atoms with Crippen LogP contribution in [-0.2, 0) is 0 Å². The van der Waals surface area contributed by atoms with Crippen LogP contribution in [0.2, 0.25) is 0 Å². The first-order chi connectivity index (χ1) is 7.56. The van der Waals surface area contributed by atoms with Crippen molar-refractivity contribution in [3.63, 3.8) is 0 Å². The second-order valence-corrected chi connectivity index (χ2v) is 4.22. The highest BCUT2D eigenvalue weighted by atomic mass is 19.1. The Hall–Kier alpha value is -1.71. The molecule has 1 N–H and O–H groups in total. The first kappa shape index (κ1) is 10.8. The Morgan fingerprint density at radius 3 is 2.56 bits per heavy atom. The van der Waals surface area contributed by atoms with Crippen LogP contribution < -0.4 is 0 Å². The monoisotopic (exact) mass is 219 g/mol. The van der Waals surface area contributed by atoms with Gasteiger partial charge in [0.05, 0.1) is 0 Å². The van der Waals surface area contributed by atoms with E-state index in [1.54, 1.807) is 0 Å². The molecule has 4 heteroatoms. The van der Waals surface area contributed by atoms with Gasteiger partial charge in [-0.2, -0.15) is 5.10 Å². The van der Waals surface area contributed by atoms with E-state index in [1.807, 2.05) is 26.8 Å². The van der Waals surface area contributed by atoms with E-state index >= 15 is 0 Å². The standard InChI is InChI=1S/C12H14FN3/c1-7(2)11-14-12(16-15-11)9-4-8(3)5-10(13)6-9/h4-7H,1-3H3,(H,14,15,16). The first-order valence-electron chi connectivity index (χ1n) is 5.26. The Bertz CT molecular complexity index is 482. The lowest BCUT2D eigenvalue weighted by Gasteiger charge is -1.98. The zero-order valence-corrected chi connectivity index (χ0v) is 9.58. The van der Waals surface area contributed by atoms with Crippen molar-refractivity contribution in [2.45, 2.75) is 26.7 Å². The summed E-state index contributed by atoms with van der Waals surface area (Å²) in [6.45, 7) is 5.91. The highest BCUT2D eigenvalue weighted by Crippen LogP contribution is 2.19. The van der Waals surface area contributed by atoms with Crippen LogP contribution in [0.15, 0.2) is 18.2 Å². The molecule has 0 aliphatic rings. The summed E-state index contributed by atoms with van der Waals surface area (Å²) in [6, 6.07) is 4.80. The van der Waals surface area contributed by atoms with Gasteiger partial charge in [-0.15, -0.1) is 0 Å². The fourth-order valence-corrected chi connectivity index (χ4v) is 1.53. The molecule has 0 amide bonds. The van der Waals surface area contributed by atoms with E-state index in [2.05, 4.69) is 15.2 Å². The zero-order chi connectivity index (χ0) is 11.7. The van der Waals surface area contributed by atoms with E-state index < -0.39 is 0 Å². The smallest absolute Gasteiger partial charge is 0.181 e. The maximum absolute atomic E-state index is 13.2. The highest BCUT2D eigenvalue weighted by molar-refractivity contribution is 5.55. The molecule has 1 heterocycles. The van der Waals surface area contributed by atoms with E-state index in [1.165, 1.54) is 12.1 Å². The van der Waals surface area contributed by atoms with Crippen LogP contribution in [0.5, 0.6) is 0 Å². The maximum Gasteiger partial charge on any atom is 0.181 e. The minimum atomic E-state index is -0.258.